The Labute approximate surface area is 94.3 Å². The van der Waals surface area contributed by atoms with Crippen LogP contribution >= 0.6 is 0 Å². The van der Waals surface area contributed by atoms with Gasteiger partial charge >= 0.3 is 0 Å². The number of rotatable bonds is 2. The summed E-state index contributed by atoms with van der Waals surface area (Å²) in [6.07, 6.45) is 1.72. The lowest BCUT2D eigenvalue weighted by molar-refractivity contribution is 0.587. The van der Waals surface area contributed by atoms with Gasteiger partial charge in [0.2, 0.25) is 0 Å². The molecule has 2 N–H and O–H groups in total. The molecule has 0 bridgehead atoms. The molecule has 0 aliphatic rings. The summed E-state index contributed by atoms with van der Waals surface area (Å²) < 4.78 is 2.08. The average Bonchev–Trinajstić information content (AvgIpc) is 2.61. The van der Waals surface area contributed by atoms with Crippen molar-refractivity contribution in [3.05, 3.63) is 24.2 Å². The number of aryl methyl sites for hydroxylation is 1. The standard InChI is InChI=1S/C11H15N5/c1-7(2)16-8(3)14-15-11(16)9-4-5-10(12)13-6-9/h4-7H,1-3H3,(H2,12,13). The molecule has 0 unspecified atom stereocenters. The number of pyridine rings is 1. The molecular formula is C11H15N5. The van der Waals surface area contributed by atoms with E-state index in [2.05, 4.69) is 33.6 Å². The molecule has 84 valence electrons. The lowest BCUT2D eigenvalue weighted by Crippen LogP contribution is -2.05. The van der Waals surface area contributed by atoms with Gasteiger partial charge in [-0.1, -0.05) is 0 Å². The summed E-state index contributed by atoms with van der Waals surface area (Å²) in [6.45, 7) is 6.15. The molecule has 0 aromatic carbocycles. The molecule has 2 rings (SSSR count). The summed E-state index contributed by atoms with van der Waals surface area (Å²) in [5.74, 6) is 2.25. The van der Waals surface area contributed by atoms with Crippen molar-refractivity contribution in [2.75, 3.05) is 5.73 Å². The van der Waals surface area contributed by atoms with Crippen molar-refractivity contribution in [3.8, 4) is 11.4 Å². The van der Waals surface area contributed by atoms with Gasteiger partial charge in [0, 0.05) is 17.8 Å². The smallest absolute Gasteiger partial charge is 0.165 e. The van der Waals surface area contributed by atoms with Crippen LogP contribution in [0.4, 0.5) is 5.82 Å². The topological polar surface area (TPSA) is 69.6 Å². The van der Waals surface area contributed by atoms with Crippen LogP contribution in [-0.4, -0.2) is 19.7 Å². The van der Waals surface area contributed by atoms with Crippen LogP contribution in [0.1, 0.15) is 25.7 Å². The second kappa shape index (κ2) is 3.92. The highest BCUT2D eigenvalue weighted by molar-refractivity contribution is 5.55. The molecule has 0 saturated carbocycles. The van der Waals surface area contributed by atoms with E-state index in [0.717, 1.165) is 17.2 Å². The van der Waals surface area contributed by atoms with Crippen molar-refractivity contribution in [2.45, 2.75) is 26.8 Å². The number of nitrogens with zero attached hydrogens (tertiary/aromatic N) is 4. The normalized spacial score (nSPS) is 11.0. The summed E-state index contributed by atoms with van der Waals surface area (Å²) in [7, 11) is 0. The third-order valence-electron chi connectivity index (χ3n) is 2.43. The molecule has 2 heterocycles. The van der Waals surface area contributed by atoms with Gasteiger partial charge in [-0.3, -0.25) is 0 Å². The fourth-order valence-corrected chi connectivity index (χ4v) is 1.72. The molecule has 0 aliphatic heterocycles. The molecule has 0 aliphatic carbocycles. The molecule has 5 nitrogen and oxygen atoms in total. The zero-order valence-corrected chi connectivity index (χ0v) is 9.68. The van der Waals surface area contributed by atoms with Gasteiger partial charge < -0.3 is 10.3 Å². The maximum atomic E-state index is 5.55. The Kier molecular flexibility index (Phi) is 2.60. The summed E-state index contributed by atoms with van der Waals surface area (Å²) in [5.41, 5.74) is 6.49. The van der Waals surface area contributed by atoms with Crippen LogP contribution in [0.5, 0.6) is 0 Å². The van der Waals surface area contributed by atoms with Crippen LogP contribution < -0.4 is 5.73 Å². The van der Waals surface area contributed by atoms with E-state index in [1.54, 1.807) is 12.3 Å². The number of aromatic nitrogens is 4. The molecule has 2 aromatic rings. The largest absolute Gasteiger partial charge is 0.384 e. The van der Waals surface area contributed by atoms with Crippen molar-refractivity contribution in [2.24, 2.45) is 0 Å². The molecule has 2 aromatic heterocycles. The first-order valence-electron chi connectivity index (χ1n) is 5.23. The number of anilines is 1. The molecular weight excluding hydrogens is 202 g/mol. The molecule has 0 saturated heterocycles. The Morgan fingerprint density at radius 1 is 1.25 bits per heavy atom. The van der Waals surface area contributed by atoms with E-state index >= 15 is 0 Å². The lowest BCUT2D eigenvalue weighted by atomic mass is 10.2. The number of nitrogens with two attached hydrogens (primary N) is 1. The molecule has 0 fully saturated rings. The number of nitrogen functional groups attached to an aromatic ring is 1. The van der Waals surface area contributed by atoms with Crippen molar-refractivity contribution in [3.63, 3.8) is 0 Å². The Bertz CT molecular complexity index is 484. The fourth-order valence-electron chi connectivity index (χ4n) is 1.72. The SMILES string of the molecule is Cc1nnc(-c2ccc(N)nc2)n1C(C)C. The van der Waals surface area contributed by atoms with Gasteiger partial charge in [0.25, 0.3) is 0 Å². The van der Waals surface area contributed by atoms with Crippen LogP contribution in [0.2, 0.25) is 0 Å². The number of hydrogen-bond donors (Lipinski definition) is 1. The molecule has 16 heavy (non-hydrogen) atoms. The van der Waals surface area contributed by atoms with E-state index in [1.807, 2.05) is 13.0 Å². The van der Waals surface area contributed by atoms with Crippen molar-refractivity contribution >= 4 is 5.82 Å². The summed E-state index contributed by atoms with van der Waals surface area (Å²) in [5, 5.41) is 8.26. The Hall–Kier alpha value is -1.91. The Balaban J connectivity index is 2.52. The molecule has 0 amide bonds. The maximum absolute atomic E-state index is 5.55. The minimum atomic E-state index is 0.322. The molecule has 5 heteroatoms. The highest BCUT2D eigenvalue weighted by Gasteiger charge is 2.13. The van der Waals surface area contributed by atoms with Crippen LogP contribution in [0.25, 0.3) is 11.4 Å². The second-order valence-corrected chi connectivity index (χ2v) is 4.01. The average molecular weight is 217 g/mol. The van der Waals surface area contributed by atoms with Crippen LogP contribution in [0.15, 0.2) is 18.3 Å². The van der Waals surface area contributed by atoms with E-state index in [0.29, 0.717) is 11.9 Å². The van der Waals surface area contributed by atoms with Gasteiger partial charge in [-0.15, -0.1) is 10.2 Å². The van der Waals surface area contributed by atoms with Gasteiger partial charge in [-0.25, -0.2) is 4.98 Å². The Morgan fingerprint density at radius 3 is 2.56 bits per heavy atom. The van der Waals surface area contributed by atoms with Crippen molar-refractivity contribution < 1.29 is 0 Å². The second-order valence-electron chi connectivity index (χ2n) is 4.01. The van der Waals surface area contributed by atoms with Crippen LogP contribution in [0.3, 0.4) is 0 Å². The third kappa shape index (κ3) is 1.76. The van der Waals surface area contributed by atoms with Gasteiger partial charge in [0.05, 0.1) is 0 Å². The quantitative estimate of drug-likeness (QED) is 0.832. The Morgan fingerprint density at radius 2 is 2.00 bits per heavy atom. The zero-order chi connectivity index (χ0) is 11.7. The highest BCUT2D eigenvalue weighted by Crippen LogP contribution is 2.21. The third-order valence-corrected chi connectivity index (χ3v) is 2.43. The number of hydrogen-bond acceptors (Lipinski definition) is 4. The molecule has 0 spiro atoms. The van der Waals surface area contributed by atoms with E-state index in [-0.39, 0.29) is 0 Å². The van der Waals surface area contributed by atoms with E-state index in [4.69, 9.17) is 5.73 Å². The van der Waals surface area contributed by atoms with E-state index < -0.39 is 0 Å². The van der Waals surface area contributed by atoms with E-state index in [9.17, 15) is 0 Å². The summed E-state index contributed by atoms with van der Waals surface area (Å²) in [6, 6.07) is 4.00. The predicted molar refractivity (Wildman–Crippen MR) is 62.8 cm³/mol. The van der Waals surface area contributed by atoms with Crippen molar-refractivity contribution in [1.29, 1.82) is 0 Å². The molecule has 0 radical (unpaired) electrons. The minimum Gasteiger partial charge on any atom is -0.384 e. The molecule has 0 atom stereocenters. The monoisotopic (exact) mass is 217 g/mol. The fraction of sp³-hybridized carbons (Fsp3) is 0.364. The first-order valence-corrected chi connectivity index (χ1v) is 5.23. The van der Waals surface area contributed by atoms with Crippen molar-refractivity contribution in [1.82, 2.24) is 19.7 Å². The van der Waals surface area contributed by atoms with Gasteiger partial charge in [-0.05, 0) is 32.9 Å². The maximum Gasteiger partial charge on any atom is 0.165 e. The van der Waals surface area contributed by atoms with Gasteiger partial charge in [0.15, 0.2) is 5.82 Å². The minimum absolute atomic E-state index is 0.322. The predicted octanol–water partition coefficient (Wildman–Crippen LogP) is 1.81. The highest BCUT2D eigenvalue weighted by atomic mass is 15.3. The first-order chi connectivity index (χ1) is 7.59. The first kappa shape index (κ1) is 10.6. The lowest BCUT2D eigenvalue weighted by Gasteiger charge is -2.11. The summed E-state index contributed by atoms with van der Waals surface area (Å²) in [4.78, 5) is 4.06. The van der Waals surface area contributed by atoms with Gasteiger partial charge in [-0.2, -0.15) is 0 Å². The van der Waals surface area contributed by atoms with Gasteiger partial charge in [0.1, 0.15) is 11.6 Å². The zero-order valence-electron chi connectivity index (χ0n) is 9.68. The van der Waals surface area contributed by atoms with Crippen LogP contribution in [-0.2, 0) is 0 Å². The van der Waals surface area contributed by atoms with Crippen LogP contribution in [0, 0.1) is 6.92 Å². The summed E-state index contributed by atoms with van der Waals surface area (Å²) >= 11 is 0. The van der Waals surface area contributed by atoms with E-state index in [1.165, 1.54) is 0 Å².